The average Bonchev–Trinajstić information content (AvgIpc) is 2.96. The molecule has 3 fully saturated rings. The van der Waals surface area contributed by atoms with E-state index in [4.69, 9.17) is 9.47 Å². The number of likely N-dealkylation sites (N-methyl/N-ethyl adjacent to an activating group) is 2. The van der Waals surface area contributed by atoms with E-state index in [0.29, 0.717) is 6.61 Å². The summed E-state index contributed by atoms with van der Waals surface area (Å²) < 4.78 is 11.3. The highest BCUT2D eigenvalue weighted by Gasteiger charge is 2.59. The molecule has 6 nitrogen and oxygen atoms in total. The van der Waals surface area contributed by atoms with Crippen molar-refractivity contribution in [2.45, 2.75) is 27.7 Å². The normalized spacial score (nSPS) is 29.1. The van der Waals surface area contributed by atoms with Gasteiger partial charge >= 0.3 is 0 Å². The maximum Gasteiger partial charge on any atom is 0.256 e. The van der Waals surface area contributed by atoms with E-state index in [-0.39, 0.29) is 22.5 Å². The van der Waals surface area contributed by atoms with Crippen molar-refractivity contribution in [3.05, 3.63) is 65.7 Å². The molecule has 1 N–H and O–H groups in total. The molecule has 160 valence electrons. The number of carbonyl (C=O) groups excluding carboxylic acids is 1. The fraction of sp³-hybridized carbons (Fsp3) is 0.409. The van der Waals surface area contributed by atoms with Crippen molar-refractivity contribution in [2.24, 2.45) is 0 Å². The van der Waals surface area contributed by atoms with Gasteiger partial charge in [0, 0.05) is 7.05 Å². The van der Waals surface area contributed by atoms with Crippen LogP contribution in [0.25, 0.3) is 0 Å². The first-order valence-electron chi connectivity index (χ1n) is 9.73. The van der Waals surface area contributed by atoms with E-state index >= 15 is 0 Å². The van der Waals surface area contributed by atoms with Gasteiger partial charge in [0.1, 0.15) is 17.4 Å². The van der Waals surface area contributed by atoms with Crippen LogP contribution >= 0.6 is 23.5 Å². The maximum absolute atomic E-state index is 13.4. The van der Waals surface area contributed by atoms with E-state index in [2.05, 4.69) is 0 Å². The highest BCUT2D eigenvalue weighted by molar-refractivity contribution is 8.17. The number of piperazine rings is 1. The summed E-state index contributed by atoms with van der Waals surface area (Å²) in [5.41, 5.74) is 2.13. The monoisotopic (exact) mass is 446 g/mol. The van der Waals surface area contributed by atoms with Crippen LogP contribution in [-0.4, -0.2) is 65.1 Å². The molecule has 3 heterocycles. The van der Waals surface area contributed by atoms with Crippen molar-refractivity contribution in [2.75, 3.05) is 27.8 Å². The second-order valence-corrected chi connectivity index (χ2v) is 10.4. The molecule has 8 heteroatoms. The number of hydrogen-bond donors (Lipinski definition) is 1. The third kappa shape index (κ3) is 3.83. The van der Waals surface area contributed by atoms with Gasteiger partial charge in [-0.15, -0.1) is 23.5 Å². The lowest BCUT2D eigenvalue weighted by Gasteiger charge is -2.49. The van der Waals surface area contributed by atoms with Crippen molar-refractivity contribution >= 4 is 29.4 Å². The van der Waals surface area contributed by atoms with Crippen LogP contribution in [-0.2, 0) is 16.1 Å². The minimum atomic E-state index is -1.01. The van der Waals surface area contributed by atoms with Crippen LogP contribution in [0.4, 0.5) is 0 Å². The largest absolute Gasteiger partial charge is 0.497 e. The van der Waals surface area contributed by atoms with Gasteiger partial charge in [0.25, 0.3) is 5.91 Å². The molecule has 3 saturated heterocycles. The van der Waals surface area contributed by atoms with E-state index in [1.54, 1.807) is 42.8 Å². The van der Waals surface area contributed by atoms with Crippen LogP contribution < -0.4 is 4.74 Å². The van der Waals surface area contributed by atoms with Crippen LogP contribution in [0.5, 0.6) is 5.75 Å². The zero-order valence-electron chi connectivity index (χ0n) is 17.2. The van der Waals surface area contributed by atoms with Gasteiger partial charge in [-0.1, -0.05) is 42.5 Å². The Morgan fingerprint density at radius 2 is 1.80 bits per heavy atom. The molecule has 3 aliphatic heterocycles. The lowest BCUT2D eigenvalue weighted by molar-refractivity contribution is -0.164. The van der Waals surface area contributed by atoms with Gasteiger partial charge in [-0.25, -0.2) is 0 Å². The number of benzene rings is 2. The van der Waals surface area contributed by atoms with Gasteiger partial charge in [0.05, 0.1) is 24.9 Å². The number of nitrogens with zero attached hydrogens (tertiary/aromatic N) is 2. The van der Waals surface area contributed by atoms with Crippen molar-refractivity contribution in [3.63, 3.8) is 0 Å². The number of hydrogen-bond acceptors (Lipinski definition) is 7. The third-order valence-corrected chi connectivity index (χ3v) is 9.06. The Morgan fingerprint density at radius 1 is 1.10 bits per heavy atom. The Kier molecular flexibility index (Phi) is 6.31. The quantitative estimate of drug-likeness (QED) is 0.731. The number of aliphatic hydroxyl groups excluding tert-OH is 1. The predicted octanol–water partition coefficient (Wildman–Crippen LogP) is 3.14. The second-order valence-electron chi connectivity index (χ2n) is 7.45. The number of fused-ring (bicyclic) bond motifs is 4. The standard InChI is InChI=1S/C22H26N2O4S2/c1-23-19-18(25)24(2)22(21(23)26,14-28-13-15-7-5-4-6-8-15)30-20(29-19)16-9-11-17(27-3)12-10-16/h4-12,18-20,25H,13-14H2,1-3H3/t18?,19?,20?,22-/m0/s1. The second kappa shape index (κ2) is 8.80. The number of thioether (sulfide) groups is 2. The molecule has 30 heavy (non-hydrogen) atoms. The summed E-state index contributed by atoms with van der Waals surface area (Å²) in [6, 6.07) is 17.8. The summed E-state index contributed by atoms with van der Waals surface area (Å²) in [6.45, 7) is 0.594. The van der Waals surface area contributed by atoms with Gasteiger partial charge in [-0.3, -0.25) is 9.69 Å². The number of amides is 1. The number of ether oxygens (including phenoxy) is 2. The predicted molar refractivity (Wildman–Crippen MR) is 120 cm³/mol. The van der Waals surface area contributed by atoms with Gasteiger partial charge in [-0.05, 0) is 30.3 Å². The molecule has 2 aromatic rings. The fourth-order valence-electron chi connectivity index (χ4n) is 3.76. The first-order chi connectivity index (χ1) is 14.5. The average molecular weight is 447 g/mol. The van der Waals surface area contributed by atoms with Crippen molar-refractivity contribution in [1.82, 2.24) is 9.80 Å². The van der Waals surface area contributed by atoms with E-state index in [1.807, 2.05) is 54.6 Å². The van der Waals surface area contributed by atoms with Gasteiger partial charge in [0.2, 0.25) is 0 Å². The zero-order valence-corrected chi connectivity index (χ0v) is 18.9. The summed E-state index contributed by atoms with van der Waals surface area (Å²) >= 11 is 3.13. The van der Waals surface area contributed by atoms with E-state index in [0.717, 1.165) is 16.9 Å². The molecule has 0 aromatic heterocycles. The molecular weight excluding hydrogens is 420 g/mol. The van der Waals surface area contributed by atoms with E-state index in [9.17, 15) is 9.90 Å². The van der Waals surface area contributed by atoms with E-state index in [1.165, 1.54) is 11.8 Å². The highest BCUT2D eigenvalue weighted by atomic mass is 32.2. The Balaban J connectivity index is 1.62. The molecule has 2 bridgehead atoms. The van der Waals surface area contributed by atoms with Gasteiger partial charge < -0.3 is 19.5 Å². The molecule has 3 unspecified atom stereocenters. The summed E-state index contributed by atoms with van der Waals surface area (Å²) in [4.78, 5) is 15.9. The highest BCUT2D eigenvalue weighted by Crippen LogP contribution is 2.57. The Bertz CT molecular complexity index is 882. The minimum Gasteiger partial charge on any atom is -0.497 e. The molecule has 0 saturated carbocycles. The Morgan fingerprint density at radius 3 is 2.47 bits per heavy atom. The first-order valence-corrected chi connectivity index (χ1v) is 11.6. The molecule has 5 rings (SSSR count). The van der Waals surface area contributed by atoms with Crippen LogP contribution in [0, 0.1) is 0 Å². The van der Waals surface area contributed by atoms with Gasteiger partial charge in [0.15, 0.2) is 4.87 Å². The minimum absolute atomic E-state index is 0.0327. The number of aliphatic hydroxyl groups is 1. The van der Waals surface area contributed by atoms with Crippen molar-refractivity contribution in [3.8, 4) is 5.75 Å². The molecule has 1 amide bonds. The molecule has 3 aliphatic rings. The fourth-order valence-corrected chi connectivity index (χ4v) is 7.29. The summed E-state index contributed by atoms with van der Waals surface area (Å²) in [7, 11) is 5.21. The van der Waals surface area contributed by atoms with Gasteiger partial charge in [-0.2, -0.15) is 0 Å². The molecule has 0 spiro atoms. The molecule has 4 atom stereocenters. The summed E-state index contributed by atoms with van der Waals surface area (Å²) in [6.07, 6.45) is -0.784. The molecule has 0 radical (unpaired) electrons. The lowest BCUT2D eigenvalue weighted by atomic mass is 10.1. The molecule has 0 aliphatic carbocycles. The van der Waals surface area contributed by atoms with Crippen LogP contribution in [0.1, 0.15) is 15.7 Å². The maximum atomic E-state index is 13.4. The Hall–Kier alpha value is -1.71. The van der Waals surface area contributed by atoms with Crippen molar-refractivity contribution in [1.29, 1.82) is 0 Å². The molecule has 2 aromatic carbocycles. The Labute approximate surface area is 185 Å². The number of rotatable bonds is 6. The SMILES string of the molecule is COc1ccc(C2SC3C(O)N(C)[C@@](COCc4ccccc4)(S2)C(=O)N3C)cc1. The van der Waals surface area contributed by atoms with Crippen LogP contribution in [0.2, 0.25) is 0 Å². The van der Waals surface area contributed by atoms with E-state index < -0.39 is 11.1 Å². The van der Waals surface area contributed by atoms with Crippen LogP contribution in [0.3, 0.4) is 0 Å². The van der Waals surface area contributed by atoms with Crippen molar-refractivity contribution < 1.29 is 19.4 Å². The summed E-state index contributed by atoms with van der Waals surface area (Å²) in [5.74, 6) is 0.749. The zero-order chi connectivity index (χ0) is 21.3. The first kappa shape index (κ1) is 21.5. The summed E-state index contributed by atoms with van der Waals surface area (Å²) in [5, 5.41) is 10.6. The smallest absolute Gasteiger partial charge is 0.256 e. The number of carbonyl (C=O) groups is 1. The topological polar surface area (TPSA) is 62.2 Å². The number of methoxy groups -OCH3 is 1. The molecular formula is C22H26N2O4S2. The third-order valence-electron chi connectivity index (χ3n) is 5.62. The van der Waals surface area contributed by atoms with Crippen LogP contribution in [0.15, 0.2) is 54.6 Å². The lowest BCUT2D eigenvalue weighted by Crippen LogP contribution is -2.69.